The molecule has 204 valence electrons. The Morgan fingerprint density at radius 2 is 2.03 bits per heavy atom. The minimum absolute atomic E-state index is 0.281. The van der Waals surface area contributed by atoms with Gasteiger partial charge in [0.1, 0.15) is 30.5 Å². The van der Waals surface area contributed by atoms with Gasteiger partial charge in [0.2, 0.25) is 0 Å². The molecule has 1 aliphatic heterocycles. The number of benzene rings is 2. The lowest BCUT2D eigenvalue weighted by Gasteiger charge is -2.17. The van der Waals surface area contributed by atoms with E-state index in [1.54, 1.807) is 19.2 Å². The van der Waals surface area contributed by atoms with Crippen LogP contribution in [0.5, 0.6) is 5.75 Å². The van der Waals surface area contributed by atoms with E-state index >= 15 is 0 Å². The van der Waals surface area contributed by atoms with Crippen molar-refractivity contribution in [2.75, 3.05) is 20.3 Å². The van der Waals surface area contributed by atoms with Crippen LogP contribution in [0, 0.1) is 24.1 Å². The van der Waals surface area contributed by atoms with Crippen molar-refractivity contribution in [1.29, 1.82) is 5.26 Å². The lowest BCUT2D eigenvalue weighted by molar-refractivity contribution is 0.0807. The minimum Gasteiger partial charge on any atom is -0.495 e. The van der Waals surface area contributed by atoms with E-state index in [2.05, 4.69) is 25.7 Å². The predicted molar refractivity (Wildman–Crippen MR) is 150 cm³/mol. The lowest BCUT2D eigenvalue weighted by Crippen LogP contribution is -2.22. The number of hydrogen-bond acceptors (Lipinski definition) is 6. The summed E-state index contributed by atoms with van der Waals surface area (Å²) >= 11 is 0. The predicted octanol–water partition coefficient (Wildman–Crippen LogP) is 6.05. The highest BCUT2D eigenvalue weighted by Crippen LogP contribution is 2.37. The van der Waals surface area contributed by atoms with Crippen molar-refractivity contribution in [3.8, 4) is 23.3 Å². The van der Waals surface area contributed by atoms with E-state index in [0.717, 1.165) is 40.2 Å². The molecule has 0 saturated carbocycles. The van der Waals surface area contributed by atoms with Crippen molar-refractivity contribution >= 4 is 19.0 Å². The zero-order valence-electron chi connectivity index (χ0n) is 23.1. The van der Waals surface area contributed by atoms with Crippen molar-refractivity contribution in [2.45, 2.75) is 58.4 Å². The third-order valence-electron chi connectivity index (χ3n) is 7.05. The molecule has 2 aromatic heterocycles. The zero-order chi connectivity index (χ0) is 27.7. The van der Waals surface area contributed by atoms with Crippen LogP contribution in [-0.2, 0) is 22.7 Å². The number of halogens is 1. The minimum atomic E-state index is -1.25. The van der Waals surface area contributed by atoms with Crippen molar-refractivity contribution in [2.24, 2.45) is 0 Å². The highest BCUT2D eigenvalue weighted by Gasteiger charge is 2.29. The van der Waals surface area contributed by atoms with E-state index in [4.69, 9.17) is 24.3 Å². The average molecular weight is 548 g/mol. The van der Waals surface area contributed by atoms with Crippen molar-refractivity contribution in [1.82, 2.24) is 19.3 Å². The van der Waals surface area contributed by atoms with Gasteiger partial charge in [0, 0.05) is 33.2 Å². The van der Waals surface area contributed by atoms with Gasteiger partial charge in [0.05, 0.1) is 23.9 Å². The number of rotatable bonds is 8. The van der Waals surface area contributed by atoms with Crippen molar-refractivity contribution in [3.05, 3.63) is 64.7 Å². The lowest BCUT2D eigenvalue weighted by atomic mass is 10.0. The van der Waals surface area contributed by atoms with E-state index in [1.165, 1.54) is 12.1 Å². The molecule has 1 atom stereocenters. The average Bonchev–Trinajstić information content (AvgIpc) is 3.42. The standard InChI is InChI=1S/C29H34FN5O3Si/c1-19-15-21(30)8-9-22(19)27-29-32-28(33-35(29)11-6-12-38-27)25-16-23-24(10-7-20(17-31)26(23)36-2)34(25)18-37-13-14-39(3,4)5/h7-10,15-16,27H,6,11-14,18H2,1-5H3. The summed E-state index contributed by atoms with van der Waals surface area (Å²) in [6.45, 7) is 11.0. The first-order valence-corrected chi connectivity index (χ1v) is 16.9. The topological polar surface area (TPSA) is 87.1 Å². The highest BCUT2D eigenvalue weighted by molar-refractivity contribution is 6.76. The SMILES string of the molecule is COc1c(C#N)ccc2c1cc(-c1nc3n(n1)CCCOC3c1ccc(F)cc1C)n2COCC[Si](C)(C)C. The molecule has 5 rings (SSSR count). The summed E-state index contributed by atoms with van der Waals surface area (Å²) in [5.74, 6) is 1.45. The summed E-state index contributed by atoms with van der Waals surface area (Å²) in [6, 6.07) is 13.6. The number of aryl methyl sites for hydroxylation is 2. The fourth-order valence-corrected chi connectivity index (χ4v) is 5.70. The number of nitriles is 1. The molecule has 2 aromatic carbocycles. The first-order valence-electron chi connectivity index (χ1n) is 13.2. The normalized spacial score (nSPS) is 15.7. The Bertz CT molecular complexity index is 1550. The van der Waals surface area contributed by atoms with Crippen LogP contribution < -0.4 is 4.74 Å². The molecule has 1 unspecified atom stereocenters. The van der Waals surface area contributed by atoms with Crippen molar-refractivity contribution < 1.29 is 18.6 Å². The molecule has 0 spiro atoms. The highest BCUT2D eigenvalue weighted by atomic mass is 28.3. The quantitative estimate of drug-likeness (QED) is 0.197. The van der Waals surface area contributed by atoms with Crippen LogP contribution in [0.15, 0.2) is 36.4 Å². The van der Waals surface area contributed by atoms with Crippen LogP contribution in [0.1, 0.15) is 35.0 Å². The Morgan fingerprint density at radius 1 is 1.21 bits per heavy atom. The number of fused-ring (bicyclic) bond motifs is 2. The molecule has 0 radical (unpaired) electrons. The van der Waals surface area contributed by atoms with Crippen LogP contribution in [-0.4, -0.2) is 47.7 Å². The monoisotopic (exact) mass is 547 g/mol. The second-order valence-electron chi connectivity index (χ2n) is 11.1. The van der Waals surface area contributed by atoms with Gasteiger partial charge in [0.25, 0.3) is 0 Å². The zero-order valence-corrected chi connectivity index (χ0v) is 24.1. The molecule has 0 N–H and O–H groups in total. The molecular formula is C29H34FN5O3Si. The summed E-state index contributed by atoms with van der Waals surface area (Å²) in [6.07, 6.45) is 0.328. The Balaban J connectivity index is 1.60. The van der Waals surface area contributed by atoms with Gasteiger partial charge in [-0.3, -0.25) is 0 Å². The summed E-state index contributed by atoms with van der Waals surface area (Å²) in [5, 5.41) is 15.3. The molecule has 10 heteroatoms. The van der Waals surface area contributed by atoms with E-state index in [-0.39, 0.29) is 5.82 Å². The second-order valence-corrected chi connectivity index (χ2v) is 16.7. The molecule has 3 heterocycles. The number of hydrogen-bond donors (Lipinski definition) is 0. The molecule has 4 aromatic rings. The van der Waals surface area contributed by atoms with Crippen LogP contribution in [0.2, 0.25) is 25.7 Å². The van der Waals surface area contributed by atoms with Crippen LogP contribution in [0.25, 0.3) is 22.4 Å². The molecule has 0 aliphatic carbocycles. The van der Waals surface area contributed by atoms with E-state index in [0.29, 0.717) is 49.5 Å². The summed E-state index contributed by atoms with van der Waals surface area (Å²) < 4.78 is 35.8. The Labute approximate surface area is 228 Å². The van der Waals surface area contributed by atoms with Gasteiger partial charge in [-0.1, -0.05) is 25.7 Å². The number of aromatic nitrogens is 4. The van der Waals surface area contributed by atoms with Gasteiger partial charge < -0.3 is 18.8 Å². The van der Waals surface area contributed by atoms with Gasteiger partial charge in [0.15, 0.2) is 11.6 Å². The number of ether oxygens (including phenoxy) is 3. The molecule has 8 nitrogen and oxygen atoms in total. The van der Waals surface area contributed by atoms with Gasteiger partial charge in [-0.05, 0) is 60.8 Å². The Kier molecular flexibility index (Phi) is 7.58. The third kappa shape index (κ3) is 5.48. The van der Waals surface area contributed by atoms with Gasteiger partial charge in [-0.2, -0.15) is 5.26 Å². The third-order valence-corrected chi connectivity index (χ3v) is 8.76. The Hall–Kier alpha value is -3.52. The number of methoxy groups -OCH3 is 1. The van der Waals surface area contributed by atoms with Crippen molar-refractivity contribution in [3.63, 3.8) is 0 Å². The molecule has 0 fully saturated rings. The molecule has 0 amide bonds. The maximum Gasteiger partial charge on any atom is 0.198 e. The van der Waals surface area contributed by atoms with Crippen LogP contribution >= 0.6 is 0 Å². The second kappa shape index (κ2) is 10.9. The maximum atomic E-state index is 13.9. The fraction of sp³-hybridized carbons (Fsp3) is 0.414. The largest absolute Gasteiger partial charge is 0.495 e. The van der Waals surface area contributed by atoms with Crippen LogP contribution in [0.3, 0.4) is 0 Å². The molecule has 39 heavy (non-hydrogen) atoms. The summed E-state index contributed by atoms with van der Waals surface area (Å²) in [4.78, 5) is 4.98. The maximum absolute atomic E-state index is 13.9. The van der Waals surface area contributed by atoms with Crippen LogP contribution in [0.4, 0.5) is 4.39 Å². The van der Waals surface area contributed by atoms with E-state index in [9.17, 15) is 9.65 Å². The van der Waals surface area contributed by atoms with E-state index in [1.807, 2.05) is 28.3 Å². The molecular weight excluding hydrogens is 513 g/mol. The van der Waals surface area contributed by atoms with Gasteiger partial charge >= 0.3 is 0 Å². The van der Waals surface area contributed by atoms with Gasteiger partial charge in [-0.25, -0.2) is 14.1 Å². The first-order chi connectivity index (χ1) is 18.7. The number of nitrogens with zero attached hydrogens (tertiary/aromatic N) is 5. The summed E-state index contributed by atoms with van der Waals surface area (Å²) in [7, 11) is 0.317. The summed E-state index contributed by atoms with van der Waals surface area (Å²) in [5.41, 5.74) is 3.77. The first kappa shape index (κ1) is 27.1. The smallest absolute Gasteiger partial charge is 0.198 e. The van der Waals surface area contributed by atoms with Gasteiger partial charge in [-0.15, -0.1) is 5.10 Å². The molecule has 0 bridgehead atoms. The fourth-order valence-electron chi connectivity index (χ4n) is 4.95. The van der Waals surface area contributed by atoms with E-state index < -0.39 is 14.2 Å². The Morgan fingerprint density at radius 3 is 2.74 bits per heavy atom. The molecule has 0 saturated heterocycles. The molecule has 1 aliphatic rings.